The summed E-state index contributed by atoms with van der Waals surface area (Å²) in [7, 11) is 0. The van der Waals surface area contributed by atoms with E-state index >= 15 is 0 Å². The van der Waals surface area contributed by atoms with Crippen LogP contribution in [0.5, 0.6) is 0 Å². The fraction of sp³-hybridized carbons (Fsp3) is 0.179. The van der Waals surface area contributed by atoms with Gasteiger partial charge in [-0.25, -0.2) is 0 Å². The van der Waals surface area contributed by atoms with Gasteiger partial charge in [-0.3, -0.25) is 19.3 Å². The molecule has 0 saturated carbocycles. The fourth-order valence-corrected chi connectivity index (χ4v) is 5.53. The number of rotatable bonds is 7. The van der Waals surface area contributed by atoms with Gasteiger partial charge in [0.2, 0.25) is 5.78 Å². The molecular weight excluding hydrogens is 558 g/mol. The molecule has 1 amide bonds. The highest BCUT2D eigenvalue weighted by Gasteiger charge is 2.45. The molecule has 37 heavy (non-hydrogen) atoms. The molecule has 1 atom stereocenters. The van der Waals surface area contributed by atoms with Gasteiger partial charge in [-0.05, 0) is 67.3 Å². The number of carbonyl (C=O) groups is 3. The number of benzene rings is 2. The highest BCUT2D eigenvalue weighted by molar-refractivity contribution is 9.10. The number of halogens is 1. The maximum atomic E-state index is 13.7. The Balaban J connectivity index is 1.50. The molecule has 0 spiro atoms. The van der Waals surface area contributed by atoms with Crippen molar-refractivity contribution >= 4 is 61.6 Å². The predicted octanol–water partition coefficient (Wildman–Crippen LogP) is 6.53. The monoisotopic (exact) mass is 579 g/mol. The van der Waals surface area contributed by atoms with Crippen LogP contribution in [0.4, 0.5) is 5.69 Å². The standard InChI is InChI=1S/C28H22BrNO6S/c1-15(2)35-23(31)12-16-5-8-19(9-6-16)30-25(22-4-3-11-37-22)24(27(33)28(30)34)26(32)21-14-17-13-18(29)7-10-20(17)36-21/h3-11,13-15,25,33H,12H2,1-2H3. The van der Waals surface area contributed by atoms with Crippen molar-refractivity contribution in [1.82, 2.24) is 0 Å². The largest absolute Gasteiger partial charge is 0.503 e. The molecule has 5 rings (SSSR count). The van der Waals surface area contributed by atoms with Crippen LogP contribution in [-0.4, -0.2) is 28.9 Å². The van der Waals surface area contributed by atoms with Gasteiger partial charge in [0.05, 0.1) is 18.1 Å². The fourth-order valence-electron chi connectivity index (χ4n) is 4.32. The number of thiophene rings is 1. The highest BCUT2D eigenvalue weighted by atomic mass is 79.9. The molecule has 0 fully saturated rings. The van der Waals surface area contributed by atoms with Crippen molar-refractivity contribution < 1.29 is 28.6 Å². The van der Waals surface area contributed by atoms with E-state index in [1.54, 1.807) is 56.3 Å². The topological polar surface area (TPSA) is 97.0 Å². The number of fused-ring (bicyclic) bond motifs is 1. The van der Waals surface area contributed by atoms with Crippen LogP contribution in [0, 0.1) is 0 Å². The van der Waals surface area contributed by atoms with E-state index in [0.717, 1.165) is 15.4 Å². The second-order valence-electron chi connectivity index (χ2n) is 8.86. The summed E-state index contributed by atoms with van der Waals surface area (Å²) in [6.07, 6.45) is -0.116. The van der Waals surface area contributed by atoms with Gasteiger partial charge in [0.15, 0.2) is 11.5 Å². The Kier molecular flexibility index (Phi) is 6.74. The third-order valence-corrected chi connectivity index (χ3v) is 7.32. The van der Waals surface area contributed by atoms with Crippen LogP contribution in [0.1, 0.15) is 40.9 Å². The maximum Gasteiger partial charge on any atom is 0.310 e. The van der Waals surface area contributed by atoms with Gasteiger partial charge in [0.1, 0.15) is 11.6 Å². The molecule has 1 N–H and O–H groups in total. The summed E-state index contributed by atoms with van der Waals surface area (Å²) in [5, 5.41) is 13.5. The lowest BCUT2D eigenvalue weighted by Crippen LogP contribution is -2.30. The number of ketones is 1. The number of Topliss-reactive ketones (excluding diaryl/α,β-unsaturated/α-hetero) is 1. The molecule has 0 radical (unpaired) electrons. The molecule has 4 aromatic rings. The number of aliphatic hydroxyl groups excluding tert-OH is 1. The lowest BCUT2D eigenvalue weighted by Gasteiger charge is -2.25. The number of aliphatic hydroxyl groups is 1. The summed E-state index contributed by atoms with van der Waals surface area (Å²) in [6, 6.07) is 16.6. The van der Waals surface area contributed by atoms with Crippen LogP contribution in [-0.2, 0) is 20.7 Å². The molecule has 2 aromatic heterocycles. The Morgan fingerprint density at radius 1 is 1.14 bits per heavy atom. The minimum atomic E-state index is -0.836. The highest BCUT2D eigenvalue weighted by Crippen LogP contribution is 2.43. The number of amides is 1. The van der Waals surface area contributed by atoms with Gasteiger partial charge in [0, 0.05) is 20.4 Å². The Hall–Kier alpha value is -3.69. The first-order valence-corrected chi connectivity index (χ1v) is 13.2. The van der Waals surface area contributed by atoms with E-state index < -0.39 is 23.5 Å². The summed E-state index contributed by atoms with van der Waals surface area (Å²) >= 11 is 4.78. The van der Waals surface area contributed by atoms with Crippen molar-refractivity contribution in [3.05, 3.63) is 98.0 Å². The molecule has 0 aliphatic carbocycles. The zero-order valence-electron chi connectivity index (χ0n) is 19.9. The van der Waals surface area contributed by atoms with Crippen LogP contribution in [0.25, 0.3) is 11.0 Å². The minimum absolute atomic E-state index is 0.0323. The van der Waals surface area contributed by atoms with Crippen molar-refractivity contribution in [3.63, 3.8) is 0 Å². The lowest BCUT2D eigenvalue weighted by atomic mass is 9.99. The number of nitrogens with zero attached hydrogens (tertiary/aromatic N) is 1. The molecule has 188 valence electrons. The normalized spacial score (nSPS) is 15.7. The lowest BCUT2D eigenvalue weighted by molar-refractivity contribution is -0.146. The number of anilines is 1. The zero-order chi connectivity index (χ0) is 26.3. The third-order valence-electron chi connectivity index (χ3n) is 5.90. The smallest absolute Gasteiger partial charge is 0.310 e. The number of hydrogen-bond donors (Lipinski definition) is 1. The Bertz CT molecular complexity index is 1530. The second kappa shape index (κ2) is 9.99. The van der Waals surface area contributed by atoms with Crippen LogP contribution in [0.15, 0.2) is 86.3 Å². The molecule has 1 aliphatic heterocycles. The first kappa shape index (κ1) is 25.0. The van der Waals surface area contributed by atoms with E-state index in [9.17, 15) is 19.5 Å². The average molecular weight is 580 g/mol. The van der Waals surface area contributed by atoms with Gasteiger partial charge in [-0.1, -0.05) is 34.1 Å². The van der Waals surface area contributed by atoms with E-state index in [1.807, 2.05) is 23.6 Å². The SMILES string of the molecule is CC(C)OC(=O)Cc1ccc(N2C(=O)C(O)=C(C(=O)c3cc4cc(Br)ccc4o3)C2c2cccs2)cc1. The van der Waals surface area contributed by atoms with Crippen LogP contribution >= 0.6 is 27.3 Å². The molecule has 0 bridgehead atoms. The molecule has 1 unspecified atom stereocenters. The van der Waals surface area contributed by atoms with Crippen LogP contribution < -0.4 is 4.90 Å². The Labute approximate surface area is 225 Å². The number of ether oxygens (including phenoxy) is 1. The van der Waals surface area contributed by atoms with Gasteiger partial charge in [0.25, 0.3) is 5.91 Å². The Morgan fingerprint density at radius 3 is 2.57 bits per heavy atom. The van der Waals surface area contributed by atoms with Crippen molar-refractivity contribution in [2.24, 2.45) is 0 Å². The molecule has 3 heterocycles. The summed E-state index contributed by atoms with van der Waals surface area (Å²) < 4.78 is 11.8. The zero-order valence-corrected chi connectivity index (χ0v) is 22.3. The Morgan fingerprint density at radius 2 is 1.89 bits per heavy atom. The number of carbonyl (C=O) groups excluding carboxylic acids is 3. The van der Waals surface area contributed by atoms with E-state index in [-0.39, 0.29) is 29.8 Å². The van der Waals surface area contributed by atoms with Crippen molar-refractivity contribution in [1.29, 1.82) is 0 Å². The summed E-state index contributed by atoms with van der Waals surface area (Å²) in [4.78, 5) is 41.1. The molecule has 1 aliphatic rings. The van der Waals surface area contributed by atoms with Gasteiger partial charge in [-0.15, -0.1) is 11.3 Å². The molecule has 9 heteroatoms. The number of hydrogen-bond acceptors (Lipinski definition) is 7. The average Bonchev–Trinajstić information content (AvgIpc) is 3.58. The van der Waals surface area contributed by atoms with Crippen LogP contribution in [0.3, 0.4) is 0 Å². The molecule has 2 aromatic carbocycles. The number of esters is 1. The summed E-state index contributed by atoms with van der Waals surface area (Å²) in [6.45, 7) is 3.57. The van der Waals surface area contributed by atoms with E-state index in [4.69, 9.17) is 9.15 Å². The second-order valence-corrected chi connectivity index (χ2v) is 10.8. The number of furan rings is 1. The van der Waals surface area contributed by atoms with Gasteiger partial charge >= 0.3 is 5.97 Å². The quantitative estimate of drug-likeness (QED) is 0.197. The molecular formula is C28H22BrNO6S. The van der Waals surface area contributed by atoms with Crippen molar-refractivity contribution in [2.45, 2.75) is 32.4 Å². The maximum absolute atomic E-state index is 13.7. The van der Waals surface area contributed by atoms with Gasteiger partial charge < -0.3 is 14.3 Å². The van der Waals surface area contributed by atoms with Gasteiger partial charge in [-0.2, -0.15) is 0 Å². The molecule has 0 saturated heterocycles. The minimum Gasteiger partial charge on any atom is -0.503 e. The third kappa shape index (κ3) is 4.84. The predicted molar refractivity (Wildman–Crippen MR) is 144 cm³/mol. The summed E-state index contributed by atoms with van der Waals surface area (Å²) in [5.74, 6) is -2.18. The van der Waals surface area contributed by atoms with Crippen LogP contribution in [0.2, 0.25) is 0 Å². The van der Waals surface area contributed by atoms with E-state index in [2.05, 4.69) is 15.9 Å². The first-order chi connectivity index (χ1) is 17.7. The first-order valence-electron chi connectivity index (χ1n) is 11.5. The van der Waals surface area contributed by atoms with E-state index in [1.165, 1.54) is 16.2 Å². The summed E-state index contributed by atoms with van der Waals surface area (Å²) in [5.41, 5.74) is 1.67. The van der Waals surface area contributed by atoms with Crippen molar-refractivity contribution in [2.75, 3.05) is 4.90 Å². The van der Waals surface area contributed by atoms with Crippen molar-refractivity contribution in [3.8, 4) is 0 Å². The molecule has 7 nitrogen and oxygen atoms in total. The van der Waals surface area contributed by atoms with E-state index in [0.29, 0.717) is 16.1 Å².